The summed E-state index contributed by atoms with van der Waals surface area (Å²) < 4.78 is 33.0. The van der Waals surface area contributed by atoms with Crippen LogP contribution in [0, 0.1) is 0 Å². The van der Waals surface area contributed by atoms with Crippen molar-refractivity contribution in [3.05, 3.63) is 30.1 Å². The van der Waals surface area contributed by atoms with Crippen LogP contribution < -0.4 is 10.3 Å². The summed E-state index contributed by atoms with van der Waals surface area (Å²) in [6.45, 7) is -0.330. The summed E-state index contributed by atoms with van der Waals surface area (Å²) in [7, 11) is -1.43. The van der Waals surface area contributed by atoms with Gasteiger partial charge in [-0.2, -0.15) is 4.57 Å². The second kappa shape index (κ2) is 7.66. The number of amides is 1. The quantitative estimate of drug-likeness (QED) is 0.418. The van der Waals surface area contributed by atoms with Crippen molar-refractivity contribution in [1.82, 2.24) is 0 Å². The van der Waals surface area contributed by atoms with Gasteiger partial charge in [0.15, 0.2) is 18.5 Å². The Balaban J connectivity index is 2.11. The highest BCUT2D eigenvalue weighted by Gasteiger charge is 2.49. The van der Waals surface area contributed by atoms with Gasteiger partial charge in [-0.05, 0) is 6.07 Å². The van der Waals surface area contributed by atoms with E-state index in [1.807, 2.05) is 0 Å². The van der Waals surface area contributed by atoms with Crippen LogP contribution in [0.15, 0.2) is 24.5 Å². The van der Waals surface area contributed by atoms with Gasteiger partial charge in [0.1, 0.15) is 17.8 Å². The number of ether oxygens (including phenoxy) is 1. The summed E-state index contributed by atoms with van der Waals surface area (Å²) in [5.74, 6) is -0.640. The molecule has 0 aromatic carbocycles. The maximum absolute atomic E-state index is 11.8. The summed E-state index contributed by atoms with van der Waals surface area (Å²) in [5.41, 5.74) is 5.43. The summed E-state index contributed by atoms with van der Waals surface area (Å²) >= 11 is 0. The van der Waals surface area contributed by atoms with Crippen molar-refractivity contribution in [2.45, 2.75) is 24.5 Å². The molecule has 134 valence electrons. The monoisotopic (exact) mass is 363 g/mol. The van der Waals surface area contributed by atoms with Gasteiger partial charge in [-0.25, -0.2) is 4.57 Å². The van der Waals surface area contributed by atoms with E-state index in [1.54, 1.807) is 12.3 Å². The molecule has 0 saturated carbocycles. The zero-order valence-corrected chi connectivity index (χ0v) is 14.0. The second-order valence-corrected chi connectivity index (χ2v) is 6.94. The second-order valence-electron chi connectivity index (χ2n) is 5.06. The topological polar surface area (TPSA) is 141 Å². The third-order valence-corrected chi connectivity index (χ3v) is 4.94. The van der Waals surface area contributed by atoms with Gasteiger partial charge in [-0.15, -0.1) is 0 Å². The number of phosphoric acid groups is 1. The molecule has 1 fully saturated rings. The van der Waals surface area contributed by atoms with Gasteiger partial charge in [0.2, 0.25) is 0 Å². The molecule has 1 aliphatic heterocycles. The third-order valence-electron chi connectivity index (χ3n) is 3.58. The highest BCUT2D eigenvalue weighted by atomic mass is 31.2. The van der Waals surface area contributed by atoms with Crippen LogP contribution in [0.3, 0.4) is 0 Å². The van der Waals surface area contributed by atoms with Crippen LogP contribution >= 0.6 is 7.82 Å². The molecule has 0 spiro atoms. The number of phosphoric ester groups is 1. The van der Waals surface area contributed by atoms with Gasteiger partial charge < -0.3 is 20.7 Å². The fourth-order valence-electron chi connectivity index (χ4n) is 2.25. The van der Waals surface area contributed by atoms with Gasteiger partial charge >= 0.3 is 7.82 Å². The maximum atomic E-state index is 11.8. The molecule has 4 unspecified atom stereocenters. The summed E-state index contributed by atoms with van der Waals surface area (Å²) in [6.07, 6.45) is -1.61. The van der Waals surface area contributed by atoms with Gasteiger partial charge in [-0.3, -0.25) is 18.4 Å². The van der Waals surface area contributed by atoms with Crippen LogP contribution in [-0.4, -0.2) is 55.3 Å². The van der Waals surface area contributed by atoms with E-state index in [4.69, 9.17) is 15.0 Å². The molecule has 1 aromatic heterocycles. The minimum absolute atomic E-state index is 0.214. The lowest BCUT2D eigenvalue weighted by Gasteiger charge is -2.17. The first-order chi connectivity index (χ1) is 11.3. The number of carbonyl (C=O) groups is 1. The van der Waals surface area contributed by atoms with Crippen molar-refractivity contribution in [3.63, 3.8) is 0 Å². The van der Waals surface area contributed by atoms with Crippen molar-refractivity contribution < 1.29 is 42.4 Å². The lowest BCUT2D eigenvalue weighted by Crippen LogP contribution is -2.46. The molecule has 0 aliphatic carbocycles. The van der Waals surface area contributed by atoms with E-state index in [1.165, 1.54) is 16.8 Å². The number of hydrogen-bond acceptors (Lipinski definition) is 8. The Morgan fingerprint density at radius 2 is 2.04 bits per heavy atom. The average Bonchev–Trinajstić information content (AvgIpc) is 2.88. The van der Waals surface area contributed by atoms with E-state index in [2.05, 4.69) is 9.05 Å². The average molecular weight is 363 g/mol. The first-order valence-electron chi connectivity index (χ1n) is 6.99. The minimum Gasteiger partial charge on any atom is -0.387 e. The van der Waals surface area contributed by atoms with Crippen LogP contribution in [-0.2, 0) is 22.9 Å². The number of nitrogens with two attached hydrogens (primary N) is 1. The molecule has 4 N–H and O–H groups in total. The zero-order chi connectivity index (χ0) is 17.9. The van der Waals surface area contributed by atoms with Crippen molar-refractivity contribution >= 4 is 13.7 Å². The molecule has 0 radical (unpaired) electrons. The van der Waals surface area contributed by atoms with E-state index in [-0.39, 0.29) is 12.2 Å². The molecule has 0 bridgehead atoms. The van der Waals surface area contributed by atoms with Crippen LogP contribution in [0.2, 0.25) is 0 Å². The highest BCUT2D eigenvalue weighted by molar-refractivity contribution is 7.48. The Morgan fingerprint density at radius 3 is 2.62 bits per heavy atom. The number of aliphatic hydroxyl groups is 2. The highest BCUT2D eigenvalue weighted by Crippen LogP contribution is 2.48. The number of aromatic nitrogens is 1. The van der Waals surface area contributed by atoms with Crippen molar-refractivity contribution in [2.75, 3.05) is 20.8 Å². The van der Waals surface area contributed by atoms with Crippen LogP contribution in [0.5, 0.6) is 0 Å². The third kappa shape index (κ3) is 3.98. The van der Waals surface area contributed by atoms with Gasteiger partial charge in [0.25, 0.3) is 12.1 Å². The number of carbonyl (C=O) groups excluding carboxylic acids is 1. The van der Waals surface area contributed by atoms with Crippen molar-refractivity contribution in [2.24, 2.45) is 5.73 Å². The molecule has 4 atom stereocenters. The largest absolute Gasteiger partial charge is 0.474 e. The lowest BCUT2D eigenvalue weighted by molar-refractivity contribution is -0.765. The maximum Gasteiger partial charge on any atom is 0.474 e. The minimum atomic E-state index is -3.73. The van der Waals surface area contributed by atoms with Crippen molar-refractivity contribution in [3.8, 4) is 0 Å². The van der Waals surface area contributed by atoms with Gasteiger partial charge in [-0.1, -0.05) is 0 Å². The Kier molecular flexibility index (Phi) is 6.05. The molecular weight excluding hydrogens is 343 g/mol. The Bertz CT molecular complexity index is 634. The standard InChI is InChI=1S/C13H19N2O8P/c1-20-24(19,21-2)22-7-9-10(16)11(17)13(23-9)15-5-3-4-8(6-15)12(14)18/h3-6,9-11,13,16-17H,7H2,1-2H3,(H-,14,18)/p+1. The molecule has 1 aromatic rings. The smallest absolute Gasteiger partial charge is 0.387 e. The van der Waals surface area contributed by atoms with E-state index in [0.29, 0.717) is 0 Å². The fourth-order valence-corrected chi connectivity index (χ4v) is 2.94. The van der Waals surface area contributed by atoms with E-state index in [0.717, 1.165) is 14.2 Å². The first kappa shape index (κ1) is 18.9. The predicted octanol–water partition coefficient (Wildman–Crippen LogP) is -0.890. The van der Waals surface area contributed by atoms with Gasteiger partial charge in [0.05, 0.1) is 6.61 Å². The van der Waals surface area contributed by atoms with Crippen LogP contribution in [0.1, 0.15) is 16.6 Å². The molecule has 1 aliphatic rings. The molecule has 10 nitrogen and oxygen atoms in total. The molecule has 1 amide bonds. The molecule has 1 saturated heterocycles. The number of aliphatic hydroxyl groups excluding tert-OH is 2. The van der Waals surface area contributed by atoms with Crippen molar-refractivity contribution in [1.29, 1.82) is 0 Å². The Hall–Kier alpha value is -1.39. The lowest BCUT2D eigenvalue weighted by atomic mass is 10.1. The van der Waals surface area contributed by atoms with Crippen LogP contribution in [0.4, 0.5) is 0 Å². The van der Waals surface area contributed by atoms with Gasteiger partial charge in [0, 0.05) is 20.3 Å². The molecule has 11 heteroatoms. The molecule has 2 heterocycles. The molecular formula is C13H20N2O8P+. The number of pyridine rings is 1. The zero-order valence-electron chi connectivity index (χ0n) is 13.1. The van der Waals surface area contributed by atoms with Crippen LogP contribution in [0.25, 0.3) is 0 Å². The number of nitrogens with zero attached hydrogens (tertiary/aromatic N) is 1. The van der Waals surface area contributed by atoms with E-state index >= 15 is 0 Å². The first-order valence-corrected chi connectivity index (χ1v) is 8.45. The number of primary amides is 1. The number of hydrogen-bond donors (Lipinski definition) is 3. The fraction of sp³-hybridized carbons (Fsp3) is 0.538. The predicted molar refractivity (Wildman–Crippen MR) is 78.7 cm³/mol. The van der Waals surface area contributed by atoms with E-state index in [9.17, 15) is 19.6 Å². The molecule has 24 heavy (non-hydrogen) atoms. The Labute approximate surface area is 138 Å². The number of rotatable bonds is 7. The SMILES string of the molecule is COP(=O)(OC)OCC1OC([n+]2cccc(C(N)=O)c2)C(O)C1O. The summed E-state index contributed by atoms with van der Waals surface area (Å²) in [5, 5.41) is 20.2. The Morgan fingerprint density at radius 1 is 1.38 bits per heavy atom. The normalized spacial score (nSPS) is 27.3. The molecule has 2 rings (SSSR count). The summed E-state index contributed by atoms with van der Waals surface area (Å²) in [6, 6.07) is 3.06. The van der Waals surface area contributed by atoms with E-state index < -0.39 is 38.3 Å². The summed E-state index contributed by atoms with van der Waals surface area (Å²) in [4.78, 5) is 11.2.